The summed E-state index contributed by atoms with van der Waals surface area (Å²) in [4.78, 5) is 13.8. The Labute approximate surface area is 147 Å². The van der Waals surface area contributed by atoms with Crippen molar-refractivity contribution in [1.29, 1.82) is 0 Å². The van der Waals surface area contributed by atoms with Crippen molar-refractivity contribution in [1.82, 2.24) is 14.7 Å². The molecule has 1 saturated heterocycles. The number of hydrogen-bond donors (Lipinski definition) is 0. The first kappa shape index (κ1) is 16.8. The van der Waals surface area contributed by atoms with E-state index in [0.29, 0.717) is 18.1 Å². The van der Waals surface area contributed by atoms with Crippen molar-refractivity contribution in [3.63, 3.8) is 0 Å². The lowest BCUT2D eigenvalue weighted by Crippen LogP contribution is -2.52. The Hall–Kier alpha value is -2.01. The number of carbonyl (C=O) groups is 1. The summed E-state index contributed by atoms with van der Waals surface area (Å²) in [6.45, 7) is 8.87. The predicted molar refractivity (Wildman–Crippen MR) is 94.3 cm³/mol. The molecule has 1 aliphatic rings. The third-order valence-electron chi connectivity index (χ3n) is 4.01. The van der Waals surface area contributed by atoms with Crippen molar-refractivity contribution in [2.45, 2.75) is 39.3 Å². The number of hydrogen-bond acceptors (Lipinski definition) is 3. The minimum atomic E-state index is -0.475. The van der Waals surface area contributed by atoms with Gasteiger partial charge in [-0.25, -0.2) is 4.79 Å². The molecule has 0 saturated carbocycles. The molecule has 1 fully saturated rings. The molecule has 5 nitrogen and oxygen atoms in total. The molecule has 0 aliphatic carbocycles. The van der Waals surface area contributed by atoms with E-state index in [0.717, 1.165) is 16.8 Å². The average molecular weight is 348 g/mol. The minimum absolute atomic E-state index is 0.154. The molecule has 1 aliphatic heterocycles. The number of rotatable bonds is 2. The fourth-order valence-electron chi connectivity index (χ4n) is 2.77. The second-order valence-electron chi connectivity index (χ2n) is 7.16. The molecule has 1 aromatic heterocycles. The Morgan fingerprint density at radius 3 is 2.67 bits per heavy atom. The second-order valence-corrected chi connectivity index (χ2v) is 7.60. The lowest BCUT2D eigenvalue weighted by Gasteiger charge is -2.40. The van der Waals surface area contributed by atoms with Crippen molar-refractivity contribution in [2.24, 2.45) is 0 Å². The van der Waals surface area contributed by atoms with Gasteiger partial charge in [0.1, 0.15) is 5.60 Å². The fraction of sp³-hybridized carbons (Fsp3) is 0.444. The van der Waals surface area contributed by atoms with Crippen LogP contribution in [0, 0.1) is 6.92 Å². The van der Waals surface area contributed by atoms with E-state index in [1.54, 1.807) is 11.1 Å². The van der Waals surface area contributed by atoms with Crippen molar-refractivity contribution in [3.8, 4) is 11.3 Å². The molecular formula is C18H22ClN3O2. The van der Waals surface area contributed by atoms with Gasteiger partial charge in [-0.05, 0) is 51.5 Å². The number of benzene rings is 1. The molecule has 0 bridgehead atoms. The van der Waals surface area contributed by atoms with E-state index < -0.39 is 5.60 Å². The normalized spacial score (nSPS) is 15.3. The third-order valence-corrected chi connectivity index (χ3v) is 4.24. The van der Waals surface area contributed by atoms with Gasteiger partial charge in [-0.3, -0.25) is 4.68 Å². The second kappa shape index (κ2) is 6.13. The summed E-state index contributed by atoms with van der Waals surface area (Å²) in [6.07, 6.45) is 1.51. The maximum atomic E-state index is 12.1. The van der Waals surface area contributed by atoms with Crippen molar-refractivity contribution < 1.29 is 9.53 Å². The molecule has 0 atom stereocenters. The van der Waals surface area contributed by atoms with Gasteiger partial charge in [0.05, 0.1) is 11.7 Å². The average Bonchev–Trinajstić information content (AvgIpc) is 2.86. The first-order chi connectivity index (χ1) is 11.2. The molecule has 2 aromatic rings. The molecule has 2 heterocycles. The van der Waals surface area contributed by atoms with Crippen LogP contribution >= 0.6 is 11.6 Å². The number of carbonyl (C=O) groups excluding carboxylic acids is 1. The Morgan fingerprint density at radius 2 is 2.00 bits per heavy atom. The summed E-state index contributed by atoms with van der Waals surface area (Å²) in [7, 11) is 0. The first-order valence-electron chi connectivity index (χ1n) is 8.02. The van der Waals surface area contributed by atoms with Gasteiger partial charge < -0.3 is 9.64 Å². The van der Waals surface area contributed by atoms with Gasteiger partial charge in [0.15, 0.2) is 0 Å². The Balaban J connectivity index is 1.74. The third kappa shape index (κ3) is 3.41. The molecule has 0 unspecified atom stereocenters. The zero-order valence-electron chi connectivity index (χ0n) is 14.4. The molecule has 1 amide bonds. The van der Waals surface area contributed by atoms with Crippen molar-refractivity contribution in [2.75, 3.05) is 13.1 Å². The van der Waals surface area contributed by atoms with Crippen LogP contribution in [0.5, 0.6) is 0 Å². The lowest BCUT2D eigenvalue weighted by molar-refractivity contribution is -0.000178. The van der Waals surface area contributed by atoms with Crippen LogP contribution in [0.15, 0.2) is 30.5 Å². The molecule has 128 valence electrons. The van der Waals surface area contributed by atoms with Crippen LogP contribution in [0.2, 0.25) is 5.02 Å². The molecule has 24 heavy (non-hydrogen) atoms. The van der Waals surface area contributed by atoms with Gasteiger partial charge in [-0.2, -0.15) is 5.10 Å². The fourth-order valence-corrected chi connectivity index (χ4v) is 2.95. The number of aryl methyl sites for hydroxylation is 1. The Morgan fingerprint density at radius 1 is 1.29 bits per heavy atom. The van der Waals surface area contributed by atoms with Gasteiger partial charge in [-0.1, -0.05) is 17.7 Å². The molecular weight excluding hydrogens is 326 g/mol. The highest BCUT2D eigenvalue weighted by atomic mass is 35.5. The molecule has 1 aromatic carbocycles. The summed E-state index contributed by atoms with van der Waals surface area (Å²) in [5.41, 5.74) is 2.75. The smallest absolute Gasteiger partial charge is 0.410 e. The topological polar surface area (TPSA) is 47.4 Å². The van der Waals surface area contributed by atoms with Gasteiger partial charge in [0.25, 0.3) is 0 Å². The SMILES string of the molecule is Cc1ccc(Cl)cc1-c1ccnn1C1CN(C(=O)OC(C)(C)C)C1. The molecule has 0 N–H and O–H groups in total. The van der Waals surface area contributed by atoms with E-state index in [1.165, 1.54) is 0 Å². The van der Waals surface area contributed by atoms with Crippen LogP contribution in [0.25, 0.3) is 11.3 Å². The summed E-state index contributed by atoms with van der Waals surface area (Å²) in [5.74, 6) is 0. The zero-order valence-corrected chi connectivity index (χ0v) is 15.2. The lowest BCUT2D eigenvalue weighted by atomic mass is 10.0. The first-order valence-corrected chi connectivity index (χ1v) is 8.40. The highest BCUT2D eigenvalue weighted by Crippen LogP contribution is 2.31. The van der Waals surface area contributed by atoms with E-state index in [2.05, 4.69) is 12.0 Å². The van der Waals surface area contributed by atoms with E-state index in [9.17, 15) is 4.79 Å². The van der Waals surface area contributed by atoms with Crippen molar-refractivity contribution >= 4 is 17.7 Å². The van der Waals surface area contributed by atoms with Crippen LogP contribution in [0.1, 0.15) is 32.4 Å². The number of amides is 1. The van der Waals surface area contributed by atoms with Gasteiger partial charge in [-0.15, -0.1) is 0 Å². The summed E-state index contributed by atoms with van der Waals surface area (Å²) in [6, 6.07) is 7.97. The van der Waals surface area contributed by atoms with Gasteiger partial charge in [0.2, 0.25) is 0 Å². The maximum absolute atomic E-state index is 12.1. The van der Waals surface area contributed by atoms with Gasteiger partial charge >= 0.3 is 6.09 Å². The zero-order chi connectivity index (χ0) is 17.5. The van der Waals surface area contributed by atoms with E-state index in [4.69, 9.17) is 16.3 Å². The monoisotopic (exact) mass is 347 g/mol. The highest BCUT2D eigenvalue weighted by Gasteiger charge is 2.36. The Kier molecular flexibility index (Phi) is 4.30. The van der Waals surface area contributed by atoms with Gasteiger partial charge in [0, 0.05) is 29.9 Å². The standard InChI is InChI=1S/C18H22ClN3O2/c1-12-5-6-13(19)9-15(12)16-7-8-20-22(16)14-10-21(11-14)17(23)24-18(2,3)4/h5-9,14H,10-11H2,1-4H3. The molecule has 6 heteroatoms. The summed E-state index contributed by atoms with van der Waals surface area (Å²) in [5, 5.41) is 5.15. The maximum Gasteiger partial charge on any atom is 0.410 e. The molecule has 3 rings (SSSR count). The summed E-state index contributed by atoms with van der Waals surface area (Å²) >= 11 is 6.14. The molecule has 0 radical (unpaired) electrons. The highest BCUT2D eigenvalue weighted by molar-refractivity contribution is 6.30. The van der Waals surface area contributed by atoms with Crippen LogP contribution in [-0.2, 0) is 4.74 Å². The number of nitrogens with zero attached hydrogens (tertiary/aromatic N) is 3. The minimum Gasteiger partial charge on any atom is -0.444 e. The number of aromatic nitrogens is 2. The van der Waals surface area contributed by atoms with Crippen LogP contribution in [0.4, 0.5) is 4.79 Å². The quantitative estimate of drug-likeness (QED) is 0.813. The van der Waals surface area contributed by atoms with Crippen LogP contribution in [0.3, 0.4) is 0 Å². The largest absolute Gasteiger partial charge is 0.444 e. The van der Waals surface area contributed by atoms with Crippen molar-refractivity contribution in [3.05, 3.63) is 41.0 Å². The van der Waals surface area contributed by atoms with E-state index in [-0.39, 0.29) is 12.1 Å². The molecule has 0 spiro atoms. The van der Waals surface area contributed by atoms with E-state index >= 15 is 0 Å². The predicted octanol–water partition coefficient (Wildman–Crippen LogP) is 4.30. The number of ether oxygens (including phenoxy) is 1. The number of halogens is 1. The van der Waals surface area contributed by atoms with Crippen LogP contribution < -0.4 is 0 Å². The number of likely N-dealkylation sites (tertiary alicyclic amines) is 1. The summed E-state index contributed by atoms with van der Waals surface area (Å²) < 4.78 is 7.37. The van der Waals surface area contributed by atoms with E-state index in [1.807, 2.05) is 49.7 Å². The Bertz CT molecular complexity index is 758. The van der Waals surface area contributed by atoms with Crippen LogP contribution in [-0.4, -0.2) is 39.5 Å².